The number of amides is 1. The first-order chi connectivity index (χ1) is 9.00. The standard InChI is InChI=1S/C15H19N3O/c1-11(2)18-10-12(5-6-15(19)17(3)4)13-7-8-16-9-14(13)18/h5-11H,1-4H3/b6-5+. The average molecular weight is 257 g/mol. The van der Waals surface area contributed by atoms with Gasteiger partial charge in [-0.25, -0.2) is 0 Å². The molecule has 0 saturated heterocycles. The number of fused-ring (bicyclic) bond motifs is 1. The number of carbonyl (C=O) groups excluding carboxylic acids is 1. The van der Waals surface area contributed by atoms with E-state index in [1.807, 2.05) is 18.3 Å². The third-order valence-corrected chi connectivity index (χ3v) is 3.07. The second kappa shape index (κ2) is 5.26. The zero-order chi connectivity index (χ0) is 14.0. The fourth-order valence-electron chi connectivity index (χ4n) is 2.00. The van der Waals surface area contributed by atoms with E-state index in [1.54, 1.807) is 31.3 Å². The number of likely N-dealkylation sites (N-methyl/N-ethyl adjacent to an activating group) is 1. The third-order valence-electron chi connectivity index (χ3n) is 3.07. The second-order valence-corrected chi connectivity index (χ2v) is 5.04. The lowest BCUT2D eigenvalue weighted by Crippen LogP contribution is -2.18. The van der Waals surface area contributed by atoms with Crippen molar-refractivity contribution in [3.05, 3.63) is 36.3 Å². The number of carbonyl (C=O) groups is 1. The fourth-order valence-corrected chi connectivity index (χ4v) is 2.00. The summed E-state index contributed by atoms with van der Waals surface area (Å²) >= 11 is 0. The van der Waals surface area contributed by atoms with Crippen molar-refractivity contribution < 1.29 is 4.79 Å². The summed E-state index contributed by atoms with van der Waals surface area (Å²) in [6, 6.07) is 2.34. The maximum Gasteiger partial charge on any atom is 0.246 e. The molecule has 0 fully saturated rings. The van der Waals surface area contributed by atoms with Crippen molar-refractivity contribution in [2.45, 2.75) is 19.9 Å². The Hall–Kier alpha value is -2.10. The van der Waals surface area contributed by atoms with Gasteiger partial charge in [0.15, 0.2) is 0 Å². The van der Waals surface area contributed by atoms with Crippen LogP contribution in [0.25, 0.3) is 17.0 Å². The molecule has 0 atom stereocenters. The lowest BCUT2D eigenvalue weighted by Gasteiger charge is -2.07. The highest BCUT2D eigenvalue weighted by Gasteiger charge is 2.09. The molecule has 0 aliphatic rings. The van der Waals surface area contributed by atoms with E-state index in [2.05, 4.69) is 29.6 Å². The molecule has 2 rings (SSSR count). The van der Waals surface area contributed by atoms with Crippen LogP contribution in [-0.2, 0) is 4.79 Å². The molecule has 0 aromatic carbocycles. The molecule has 19 heavy (non-hydrogen) atoms. The van der Waals surface area contributed by atoms with E-state index in [9.17, 15) is 4.79 Å². The van der Waals surface area contributed by atoms with E-state index in [0.29, 0.717) is 6.04 Å². The summed E-state index contributed by atoms with van der Waals surface area (Å²) in [4.78, 5) is 17.3. The molecule has 0 spiro atoms. The van der Waals surface area contributed by atoms with Gasteiger partial charge in [0, 0.05) is 49.6 Å². The normalized spacial score (nSPS) is 11.6. The van der Waals surface area contributed by atoms with E-state index < -0.39 is 0 Å². The number of hydrogen-bond acceptors (Lipinski definition) is 2. The maximum absolute atomic E-state index is 11.6. The zero-order valence-electron chi connectivity index (χ0n) is 11.8. The van der Waals surface area contributed by atoms with Gasteiger partial charge in [-0.3, -0.25) is 9.78 Å². The molecule has 2 aromatic heterocycles. The van der Waals surface area contributed by atoms with Gasteiger partial charge in [-0.2, -0.15) is 0 Å². The predicted octanol–water partition coefficient (Wildman–Crippen LogP) is 2.72. The highest BCUT2D eigenvalue weighted by molar-refractivity contribution is 5.96. The molecule has 2 heterocycles. The van der Waals surface area contributed by atoms with Gasteiger partial charge in [-0.05, 0) is 26.0 Å². The molecular weight excluding hydrogens is 238 g/mol. The molecule has 100 valence electrons. The number of hydrogen-bond donors (Lipinski definition) is 0. The first-order valence-electron chi connectivity index (χ1n) is 6.34. The number of aromatic nitrogens is 2. The first kappa shape index (κ1) is 13.3. The Morgan fingerprint density at radius 3 is 2.79 bits per heavy atom. The van der Waals surface area contributed by atoms with Crippen molar-refractivity contribution in [3.8, 4) is 0 Å². The molecule has 0 aliphatic heterocycles. The highest BCUT2D eigenvalue weighted by Crippen LogP contribution is 2.24. The maximum atomic E-state index is 11.6. The molecule has 0 aliphatic carbocycles. The van der Waals surface area contributed by atoms with Crippen LogP contribution < -0.4 is 0 Å². The molecule has 4 nitrogen and oxygen atoms in total. The lowest BCUT2D eigenvalue weighted by atomic mass is 10.2. The van der Waals surface area contributed by atoms with Crippen molar-refractivity contribution >= 4 is 22.9 Å². The van der Waals surface area contributed by atoms with Gasteiger partial charge in [0.25, 0.3) is 0 Å². The Bertz CT molecular complexity index is 623. The smallest absolute Gasteiger partial charge is 0.246 e. The summed E-state index contributed by atoms with van der Waals surface area (Å²) in [5.74, 6) is -0.0143. The SMILES string of the molecule is CC(C)n1cc(/C=C/C(=O)N(C)C)c2ccncc21. The fraction of sp³-hybridized carbons (Fsp3) is 0.333. The van der Waals surface area contributed by atoms with Gasteiger partial charge >= 0.3 is 0 Å². The number of nitrogens with zero attached hydrogens (tertiary/aromatic N) is 3. The van der Waals surface area contributed by atoms with Crippen LogP contribution in [0, 0.1) is 0 Å². The van der Waals surface area contributed by atoms with E-state index in [-0.39, 0.29) is 5.91 Å². The Kier molecular flexibility index (Phi) is 3.69. The Morgan fingerprint density at radius 2 is 2.16 bits per heavy atom. The largest absolute Gasteiger partial charge is 0.345 e. The van der Waals surface area contributed by atoms with E-state index >= 15 is 0 Å². The van der Waals surface area contributed by atoms with Crippen molar-refractivity contribution in [2.24, 2.45) is 0 Å². The molecular formula is C15H19N3O. The first-order valence-corrected chi connectivity index (χ1v) is 6.34. The van der Waals surface area contributed by atoms with E-state index in [0.717, 1.165) is 16.5 Å². The summed E-state index contributed by atoms with van der Waals surface area (Å²) in [7, 11) is 3.49. The summed E-state index contributed by atoms with van der Waals surface area (Å²) < 4.78 is 2.17. The molecule has 0 unspecified atom stereocenters. The van der Waals surface area contributed by atoms with Crippen LogP contribution in [0.5, 0.6) is 0 Å². The van der Waals surface area contributed by atoms with E-state index in [4.69, 9.17) is 0 Å². The third kappa shape index (κ3) is 2.67. The summed E-state index contributed by atoms with van der Waals surface area (Å²) in [6.07, 6.45) is 9.17. The minimum Gasteiger partial charge on any atom is -0.345 e. The molecule has 2 aromatic rings. The topological polar surface area (TPSA) is 38.1 Å². The predicted molar refractivity (Wildman–Crippen MR) is 77.8 cm³/mol. The van der Waals surface area contributed by atoms with Crippen LogP contribution >= 0.6 is 0 Å². The molecule has 0 saturated carbocycles. The van der Waals surface area contributed by atoms with Gasteiger partial charge in [0.05, 0.1) is 11.7 Å². The van der Waals surface area contributed by atoms with Gasteiger partial charge in [0.1, 0.15) is 0 Å². The molecule has 0 N–H and O–H groups in total. The van der Waals surface area contributed by atoms with Crippen LogP contribution in [0.1, 0.15) is 25.5 Å². The molecule has 4 heteroatoms. The monoisotopic (exact) mass is 257 g/mol. The average Bonchev–Trinajstić information content (AvgIpc) is 2.75. The summed E-state index contributed by atoms with van der Waals surface area (Å²) in [6.45, 7) is 4.26. The minimum absolute atomic E-state index is 0.0143. The Morgan fingerprint density at radius 1 is 1.42 bits per heavy atom. The van der Waals surface area contributed by atoms with Crippen molar-refractivity contribution in [3.63, 3.8) is 0 Å². The molecule has 0 bridgehead atoms. The molecule has 0 radical (unpaired) electrons. The van der Waals surface area contributed by atoms with Gasteiger partial charge in [-0.15, -0.1) is 0 Å². The number of pyridine rings is 1. The zero-order valence-corrected chi connectivity index (χ0v) is 11.8. The van der Waals surface area contributed by atoms with Crippen LogP contribution in [0.15, 0.2) is 30.7 Å². The van der Waals surface area contributed by atoms with Crippen molar-refractivity contribution in [1.82, 2.24) is 14.5 Å². The van der Waals surface area contributed by atoms with Crippen LogP contribution in [0.3, 0.4) is 0 Å². The van der Waals surface area contributed by atoms with Crippen LogP contribution in [-0.4, -0.2) is 34.5 Å². The Balaban J connectivity index is 2.47. The second-order valence-electron chi connectivity index (χ2n) is 5.04. The summed E-state index contributed by atoms with van der Waals surface area (Å²) in [5.41, 5.74) is 2.13. The van der Waals surface area contributed by atoms with Crippen molar-refractivity contribution in [2.75, 3.05) is 14.1 Å². The van der Waals surface area contributed by atoms with Gasteiger partial charge < -0.3 is 9.47 Å². The number of rotatable bonds is 3. The Labute approximate surface area is 113 Å². The lowest BCUT2D eigenvalue weighted by molar-refractivity contribution is -0.123. The van der Waals surface area contributed by atoms with Crippen molar-refractivity contribution in [1.29, 1.82) is 0 Å². The van der Waals surface area contributed by atoms with E-state index in [1.165, 1.54) is 0 Å². The van der Waals surface area contributed by atoms with Crippen LogP contribution in [0.2, 0.25) is 0 Å². The van der Waals surface area contributed by atoms with Gasteiger partial charge in [-0.1, -0.05) is 0 Å². The van der Waals surface area contributed by atoms with Gasteiger partial charge in [0.2, 0.25) is 5.91 Å². The highest BCUT2D eigenvalue weighted by atomic mass is 16.2. The minimum atomic E-state index is -0.0143. The molecule has 1 amide bonds. The van der Waals surface area contributed by atoms with Crippen LogP contribution in [0.4, 0.5) is 0 Å². The quantitative estimate of drug-likeness (QED) is 0.793. The summed E-state index contributed by atoms with van der Waals surface area (Å²) in [5, 5.41) is 1.12.